The Morgan fingerprint density at radius 1 is 1.47 bits per heavy atom. The number of halogens is 1. The van der Waals surface area contributed by atoms with E-state index in [0.717, 1.165) is 18.4 Å². The molecule has 0 bridgehead atoms. The lowest BCUT2D eigenvalue weighted by molar-refractivity contribution is 0.477. The molecule has 1 unspecified atom stereocenters. The lowest BCUT2D eigenvalue weighted by atomic mass is 9.85. The summed E-state index contributed by atoms with van der Waals surface area (Å²) < 4.78 is 1.19. The van der Waals surface area contributed by atoms with E-state index in [4.69, 9.17) is 0 Å². The van der Waals surface area contributed by atoms with Gasteiger partial charge < -0.3 is 5.32 Å². The van der Waals surface area contributed by atoms with Gasteiger partial charge in [-0.25, -0.2) is 0 Å². The van der Waals surface area contributed by atoms with E-state index >= 15 is 0 Å². The molecule has 0 saturated carbocycles. The first-order valence-electron chi connectivity index (χ1n) is 5.70. The highest BCUT2D eigenvalue weighted by molar-refractivity contribution is 9.10. The molecule has 0 amide bonds. The van der Waals surface area contributed by atoms with Crippen LogP contribution >= 0.6 is 15.9 Å². The molecule has 15 heavy (non-hydrogen) atoms. The van der Waals surface area contributed by atoms with Crippen LogP contribution in [0.25, 0.3) is 0 Å². The number of anilines is 1. The van der Waals surface area contributed by atoms with Crippen LogP contribution in [0.4, 0.5) is 5.69 Å². The Labute approximate surface area is 100 Å². The van der Waals surface area contributed by atoms with Gasteiger partial charge in [0.1, 0.15) is 0 Å². The quantitative estimate of drug-likeness (QED) is 0.838. The third kappa shape index (κ3) is 2.54. The molecule has 1 aromatic rings. The molecule has 1 aliphatic rings. The van der Waals surface area contributed by atoms with E-state index in [2.05, 4.69) is 53.3 Å². The van der Waals surface area contributed by atoms with Gasteiger partial charge in [0.15, 0.2) is 0 Å². The highest BCUT2D eigenvalue weighted by atomic mass is 79.9. The number of hydrogen-bond donors (Lipinski definition) is 1. The molecule has 0 spiro atoms. The fourth-order valence-electron chi connectivity index (χ4n) is 2.38. The maximum Gasteiger partial charge on any atom is 0.0376 e. The van der Waals surface area contributed by atoms with E-state index in [9.17, 15) is 0 Å². The van der Waals surface area contributed by atoms with E-state index in [1.807, 2.05) is 0 Å². The summed E-state index contributed by atoms with van der Waals surface area (Å²) in [7, 11) is 0. The van der Waals surface area contributed by atoms with E-state index in [-0.39, 0.29) is 0 Å². The summed E-state index contributed by atoms with van der Waals surface area (Å²) in [5.74, 6) is 1.51. The zero-order chi connectivity index (χ0) is 10.8. The molecule has 1 N–H and O–H groups in total. The molecular formula is C13H18BrN. The van der Waals surface area contributed by atoms with Crippen molar-refractivity contribution in [2.24, 2.45) is 5.92 Å². The predicted molar refractivity (Wildman–Crippen MR) is 69.4 cm³/mol. The summed E-state index contributed by atoms with van der Waals surface area (Å²) in [6, 6.07) is 6.57. The van der Waals surface area contributed by atoms with Gasteiger partial charge in [0.25, 0.3) is 0 Å². The Morgan fingerprint density at radius 2 is 2.27 bits per heavy atom. The Morgan fingerprint density at radius 3 is 3.00 bits per heavy atom. The van der Waals surface area contributed by atoms with Crippen molar-refractivity contribution in [2.75, 3.05) is 11.9 Å². The first kappa shape index (κ1) is 11.0. The van der Waals surface area contributed by atoms with Gasteiger partial charge in [-0.3, -0.25) is 0 Å². The zero-order valence-electron chi connectivity index (χ0n) is 9.39. The normalized spacial score (nSPS) is 19.9. The number of fused-ring (bicyclic) bond motifs is 1. The van der Waals surface area contributed by atoms with Crippen LogP contribution in [-0.2, 0) is 0 Å². The first-order valence-corrected chi connectivity index (χ1v) is 6.49. The number of nitrogens with one attached hydrogen (secondary N) is 1. The molecule has 1 heterocycles. The standard InChI is InChI=1S/C13H18BrN/c1-9(2)7-10-5-6-15-13-4-3-11(14)8-12(10)13/h3-4,8-10,15H,5-7H2,1-2H3. The second-order valence-electron chi connectivity index (χ2n) is 4.77. The smallest absolute Gasteiger partial charge is 0.0376 e. The molecule has 0 fully saturated rings. The molecule has 2 rings (SSSR count). The molecule has 0 aliphatic carbocycles. The molecule has 82 valence electrons. The summed E-state index contributed by atoms with van der Waals surface area (Å²) in [4.78, 5) is 0. The maximum absolute atomic E-state index is 3.56. The molecular weight excluding hydrogens is 250 g/mol. The minimum absolute atomic E-state index is 0.735. The van der Waals surface area contributed by atoms with Crippen molar-refractivity contribution in [3.05, 3.63) is 28.2 Å². The van der Waals surface area contributed by atoms with Crippen molar-refractivity contribution in [1.82, 2.24) is 0 Å². The van der Waals surface area contributed by atoms with Crippen molar-refractivity contribution < 1.29 is 0 Å². The van der Waals surface area contributed by atoms with Crippen LogP contribution in [0.15, 0.2) is 22.7 Å². The molecule has 1 aliphatic heterocycles. The molecule has 0 saturated heterocycles. The SMILES string of the molecule is CC(C)CC1CCNc2ccc(Br)cc21. The average molecular weight is 268 g/mol. The van der Waals surface area contributed by atoms with Crippen LogP contribution in [0.1, 0.15) is 38.2 Å². The third-order valence-electron chi connectivity index (χ3n) is 3.02. The van der Waals surface area contributed by atoms with Gasteiger partial charge in [-0.15, -0.1) is 0 Å². The average Bonchev–Trinajstić information content (AvgIpc) is 2.18. The summed E-state index contributed by atoms with van der Waals surface area (Å²) in [6.45, 7) is 5.73. The van der Waals surface area contributed by atoms with E-state index < -0.39 is 0 Å². The van der Waals surface area contributed by atoms with Gasteiger partial charge in [0, 0.05) is 16.7 Å². The van der Waals surface area contributed by atoms with Gasteiger partial charge in [0.05, 0.1) is 0 Å². The maximum atomic E-state index is 3.56. The van der Waals surface area contributed by atoms with Gasteiger partial charge in [-0.05, 0) is 48.4 Å². The molecule has 1 aromatic carbocycles. The lowest BCUT2D eigenvalue weighted by Crippen LogP contribution is -2.17. The fourth-order valence-corrected chi connectivity index (χ4v) is 2.76. The number of rotatable bonds is 2. The van der Waals surface area contributed by atoms with Crippen LogP contribution in [0, 0.1) is 5.92 Å². The summed E-state index contributed by atoms with van der Waals surface area (Å²) in [5, 5.41) is 3.47. The third-order valence-corrected chi connectivity index (χ3v) is 3.51. The zero-order valence-corrected chi connectivity index (χ0v) is 11.0. The summed E-state index contributed by atoms with van der Waals surface area (Å²) >= 11 is 3.56. The predicted octanol–water partition coefficient (Wildman–Crippen LogP) is 4.39. The van der Waals surface area contributed by atoms with Gasteiger partial charge in [-0.2, -0.15) is 0 Å². The largest absolute Gasteiger partial charge is 0.385 e. The molecule has 1 nitrogen and oxygen atoms in total. The number of benzene rings is 1. The first-order chi connectivity index (χ1) is 7.16. The van der Waals surface area contributed by atoms with Gasteiger partial charge in [-0.1, -0.05) is 29.8 Å². The van der Waals surface area contributed by atoms with Crippen LogP contribution in [0.5, 0.6) is 0 Å². The van der Waals surface area contributed by atoms with Crippen LogP contribution in [0.3, 0.4) is 0 Å². The fraction of sp³-hybridized carbons (Fsp3) is 0.538. The molecule has 1 atom stereocenters. The Kier molecular flexibility index (Phi) is 3.35. The lowest BCUT2D eigenvalue weighted by Gasteiger charge is -2.28. The van der Waals surface area contributed by atoms with E-state index in [1.54, 1.807) is 0 Å². The summed E-state index contributed by atoms with van der Waals surface area (Å²) in [5.41, 5.74) is 2.82. The van der Waals surface area contributed by atoms with E-state index in [0.29, 0.717) is 0 Å². The van der Waals surface area contributed by atoms with Crippen molar-refractivity contribution >= 4 is 21.6 Å². The van der Waals surface area contributed by atoms with Gasteiger partial charge >= 0.3 is 0 Å². The Balaban J connectivity index is 2.28. The molecule has 2 heteroatoms. The Bertz CT molecular complexity index is 346. The number of hydrogen-bond acceptors (Lipinski definition) is 1. The van der Waals surface area contributed by atoms with Crippen molar-refractivity contribution in [3.63, 3.8) is 0 Å². The molecule has 0 aromatic heterocycles. The topological polar surface area (TPSA) is 12.0 Å². The van der Waals surface area contributed by atoms with Crippen molar-refractivity contribution in [3.8, 4) is 0 Å². The van der Waals surface area contributed by atoms with Crippen LogP contribution < -0.4 is 5.32 Å². The van der Waals surface area contributed by atoms with Crippen LogP contribution in [0.2, 0.25) is 0 Å². The van der Waals surface area contributed by atoms with E-state index in [1.165, 1.54) is 28.6 Å². The molecule has 0 radical (unpaired) electrons. The van der Waals surface area contributed by atoms with Gasteiger partial charge in [0.2, 0.25) is 0 Å². The highest BCUT2D eigenvalue weighted by Gasteiger charge is 2.20. The Hall–Kier alpha value is -0.500. The second kappa shape index (κ2) is 4.56. The monoisotopic (exact) mass is 267 g/mol. The van der Waals surface area contributed by atoms with Crippen molar-refractivity contribution in [1.29, 1.82) is 0 Å². The highest BCUT2D eigenvalue weighted by Crippen LogP contribution is 2.37. The summed E-state index contributed by atoms with van der Waals surface area (Å²) in [6.07, 6.45) is 2.56. The second-order valence-corrected chi connectivity index (χ2v) is 5.69. The minimum Gasteiger partial charge on any atom is -0.385 e. The minimum atomic E-state index is 0.735. The van der Waals surface area contributed by atoms with Crippen molar-refractivity contribution in [2.45, 2.75) is 32.6 Å². The van der Waals surface area contributed by atoms with Crippen LogP contribution in [-0.4, -0.2) is 6.54 Å².